The molecule has 1 amide bonds. The number of Topliss-reactive ketones (excluding diaryl/α,β-unsaturated/α-hetero) is 1. The minimum atomic E-state index is -0.0150. The zero-order valence-electron chi connectivity index (χ0n) is 21.6. The van der Waals surface area contributed by atoms with Gasteiger partial charge in [0.1, 0.15) is 5.65 Å². The molecule has 0 bridgehead atoms. The third-order valence-corrected chi connectivity index (χ3v) is 8.38. The minimum Gasteiger partial charge on any atom is -0.342 e. The van der Waals surface area contributed by atoms with E-state index >= 15 is 0 Å². The Hall–Kier alpha value is -3.46. The predicted octanol–water partition coefficient (Wildman–Crippen LogP) is 5.18. The summed E-state index contributed by atoms with van der Waals surface area (Å²) in [4.78, 5) is 32.9. The first-order chi connectivity index (χ1) is 17.3. The van der Waals surface area contributed by atoms with Gasteiger partial charge < -0.3 is 9.47 Å². The Morgan fingerprint density at radius 2 is 2.03 bits per heavy atom. The summed E-state index contributed by atoms with van der Waals surface area (Å²) < 4.78 is 2.08. The lowest BCUT2D eigenvalue weighted by Crippen LogP contribution is -2.44. The summed E-state index contributed by atoms with van der Waals surface area (Å²) >= 11 is 0. The minimum absolute atomic E-state index is 0.0150. The first-order valence-electron chi connectivity index (χ1n) is 13.0. The Morgan fingerprint density at radius 3 is 2.72 bits per heavy atom. The number of carbonyl (C=O) groups excluding carboxylic acids is 2. The second-order valence-electron chi connectivity index (χ2n) is 10.9. The van der Waals surface area contributed by atoms with Crippen molar-refractivity contribution in [2.24, 2.45) is 24.8 Å². The van der Waals surface area contributed by atoms with Gasteiger partial charge in [-0.05, 0) is 72.8 Å². The third kappa shape index (κ3) is 4.43. The SMILES string of the molecule is Cc1c(CC(=O)c2cccc(C#N)c2)cnc2c1c([C@@H]1CCN(C(=O)C(C)C3CC3)C[C@@H]1C)cn2C. The number of aryl methyl sites for hydroxylation is 2. The summed E-state index contributed by atoms with van der Waals surface area (Å²) in [5.41, 5.74) is 5.25. The molecule has 0 radical (unpaired) electrons. The number of amides is 1. The summed E-state index contributed by atoms with van der Waals surface area (Å²) in [5, 5.41) is 10.3. The number of pyridine rings is 1. The smallest absolute Gasteiger partial charge is 0.225 e. The predicted molar refractivity (Wildman–Crippen MR) is 140 cm³/mol. The molecule has 36 heavy (non-hydrogen) atoms. The van der Waals surface area contributed by atoms with E-state index in [1.54, 1.807) is 24.3 Å². The zero-order chi connectivity index (χ0) is 25.6. The van der Waals surface area contributed by atoms with Crippen LogP contribution in [0.4, 0.5) is 0 Å². The van der Waals surface area contributed by atoms with Crippen LogP contribution in [0.5, 0.6) is 0 Å². The fourth-order valence-electron chi connectivity index (χ4n) is 5.97. The molecule has 0 spiro atoms. The van der Waals surface area contributed by atoms with Crippen molar-refractivity contribution in [3.63, 3.8) is 0 Å². The van der Waals surface area contributed by atoms with Crippen LogP contribution >= 0.6 is 0 Å². The van der Waals surface area contributed by atoms with Crippen LogP contribution in [0, 0.1) is 36.0 Å². The Labute approximate surface area is 212 Å². The molecule has 1 aliphatic carbocycles. The van der Waals surface area contributed by atoms with Crippen molar-refractivity contribution >= 4 is 22.7 Å². The highest BCUT2D eigenvalue weighted by atomic mass is 16.2. The number of ketones is 1. The summed E-state index contributed by atoms with van der Waals surface area (Å²) in [5.74, 6) is 1.72. The lowest BCUT2D eigenvalue weighted by Gasteiger charge is -2.38. The quantitative estimate of drug-likeness (QED) is 0.454. The number of nitrogens with zero attached hydrogens (tertiary/aromatic N) is 4. The highest BCUT2D eigenvalue weighted by molar-refractivity contribution is 5.98. The first kappa shape index (κ1) is 24.2. The van der Waals surface area contributed by atoms with Gasteiger partial charge in [0, 0.05) is 55.8 Å². The van der Waals surface area contributed by atoms with Crippen LogP contribution in [0.1, 0.15) is 71.6 Å². The van der Waals surface area contributed by atoms with E-state index in [-0.39, 0.29) is 18.1 Å². The molecule has 186 valence electrons. The van der Waals surface area contributed by atoms with Gasteiger partial charge in [0.15, 0.2) is 5.78 Å². The number of rotatable bonds is 6. The van der Waals surface area contributed by atoms with Crippen LogP contribution in [0.3, 0.4) is 0 Å². The van der Waals surface area contributed by atoms with Crippen LogP contribution in [0.2, 0.25) is 0 Å². The molecular formula is C30H34N4O2. The number of benzene rings is 1. The molecule has 1 saturated carbocycles. The van der Waals surface area contributed by atoms with Gasteiger partial charge in [0.25, 0.3) is 0 Å². The van der Waals surface area contributed by atoms with Crippen molar-refractivity contribution in [1.29, 1.82) is 5.26 Å². The average Bonchev–Trinajstić information content (AvgIpc) is 3.68. The molecular weight excluding hydrogens is 448 g/mol. The van der Waals surface area contributed by atoms with Gasteiger partial charge in [-0.1, -0.05) is 26.0 Å². The molecule has 6 heteroatoms. The molecule has 6 nitrogen and oxygen atoms in total. The van der Waals surface area contributed by atoms with E-state index in [0.717, 1.165) is 41.7 Å². The van der Waals surface area contributed by atoms with Gasteiger partial charge in [-0.25, -0.2) is 4.98 Å². The normalized spacial score (nSPS) is 20.8. The number of nitriles is 1. The van der Waals surface area contributed by atoms with Crippen molar-refractivity contribution in [2.45, 2.75) is 52.4 Å². The van der Waals surface area contributed by atoms with Gasteiger partial charge in [0.05, 0.1) is 11.6 Å². The van der Waals surface area contributed by atoms with Gasteiger partial charge in [-0.3, -0.25) is 9.59 Å². The summed E-state index contributed by atoms with van der Waals surface area (Å²) in [6.07, 6.45) is 7.58. The van der Waals surface area contributed by atoms with Crippen LogP contribution < -0.4 is 0 Å². The third-order valence-electron chi connectivity index (χ3n) is 8.38. The van der Waals surface area contributed by atoms with Crippen molar-refractivity contribution in [3.05, 3.63) is 64.5 Å². The maximum atomic E-state index is 13.0. The zero-order valence-corrected chi connectivity index (χ0v) is 21.6. The number of likely N-dealkylation sites (tertiary alicyclic amines) is 1. The fourth-order valence-corrected chi connectivity index (χ4v) is 5.97. The standard InChI is InChI=1S/C30H34N4O2/c1-18-16-34(30(36)20(3)22-8-9-22)11-10-25(18)26-17-33(4)29-28(26)19(2)24(15-32-29)13-27(35)23-7-5-6-21(12-23)14-31/h5-7,12,15,17-18,20,22,25H,8-11,13,16H2,1-4H3/t18-,20?,25+/m0/s1. The summed E-state index contributed by atoms with van der Waals surface area (Å²) in [6, 6.07) is 8.98. The molecule has 1 aromatic carbocycles. The highest BCUT2D eigenvalue weighted by Gasteiger charge is 2.38. The molecule has 3 heterocycles. The maximum absolute atomic E-state index is 13.0. The number of piperidine rings is 1. The fraction of sp³-hybridized carbons (Fsp3) is 0.467. The molecule has 1 aliphatic heterocycles. The first-order valence-corrected chi connectivity index (χ1v) is 13.0. The summed E-state index contributed by atoms with van der Waals surface area (Å²) in [7, 11) is 2.02. The average molecular weight is 483 g/mol. The van der Waals surface area contributed by atoms with E-state index < -0.39 is 0 Å². The van der Waals surface area contributed by atoms with E-state index in [4.69, 9.17) is 4.98 Å². The monoisotopic (exact) mass is 482 g/mol. The van der Waals surface area contributed by atoms with Crippen molar-refractivity contribution in [2.75, 3.05) is 13.1 Å². The Bertz CT molecular complexity index is 1380. The highest BCUT2D eigenvalue weighted by Crippen LogP contribution is 2.41. The largest absolute Gasteiger partial charge is 0.342 e. The van der Waals surface area contributed by atoms with E-state index in [0.29, 0.717) is 34.8 Å². The molecule has 2 fully saturated rings. The van der Waals surface area contributed by atoms with Crippen LogP contribution in [-0.2, 0) is 18.3 Å². The van der Waals surface area contributed by atoms with Crippen molar-refractivity contribution in [1.82, 2.24) is 14.5 Å². The number of aromatic nitrogens is 2. The molecule has 0 N–H and O–H groups in total. The molecule has 1 saturated heterocycles. The van der Waals surface area contributed by atoms with Crippen molar-refractivity contribution in [3.8, 4) is 6.07 Å². The number of hydrogen-bond donors (Lipinski definition) is 0. The van der Waals surface area contributed by atoms with Crippen molar-refractivity contribution < 1.29 is 9.59 Å². The number of hydrogen-bond acceptors (Lipinski definition) is 4. The van der Waals surface area contributed by atoms with Gasteiger partial charge in [0.2, 0.25) is 5.91 Å². The van der Waals surface area contributed by atoms with E-state index in [2.05, 4.69) is 42.5 Å². The molecule has 2 aliphatic rings. The van der Waals surface area contributed by atoms with Gasteiger partial charge in [-0.2, -0.15) is 5.26 Å². The van der Waals surface area contributed by atoms with E-state index in [9.17, 15) is 14.9 Å². The Kier molecular flexibility index (Phi) is 6.42. The molecule has 5 rings (SSSR count). The van der Waals surface area contributed by atoms with Crippen LogP contribution in [-0.4, -0.2) is 39.2 Å². The van der Waals surface area contributed by atoms with E-state index in [1.807, 2.05) is 13.2 Å². The lowest BCUT2D eigenvalue weighted by molar-refractivity contribution is -0.137. The van der Waals surface area contributed by atoms with Crippen LogP contribution in [0.15, 0.2) is 36.7 Å². The number of fused-ring (bicyclic) bond motifs is 1. The lowest BCUT2D eigenvalue weighted by atomic mass is 9.80. The molecule has 2 aromatic heterocycles. The Balaban J connectivity index is 1.40. The van der Waals surface area contributed by atoms with Gasteiger partial charge in [-0.15, -0.1) is 0 Å². The molecule has 1 unspecified atom stereocenters. The van der Waals surface area contributed by atoms with Gasteiger partial charge >= 0.3 is 0 Å². The molecule has 3 atom stereocenters. The second-order valence-corrected chi connectivity index (χ2v) is 10.9. The van der Waals surface area contributed by atoms with E-state index in [1.165, 1.54) is 18.4 Å². The molecule has 3 aromatic rings. The topological polar surface area (TPSA) is 79.0 Å². The Morgan fingerprint density at radius 1 is 1.25 bits per heavy atom. The second kappa shape index (κ2) is 9.54. The van der Waals surface area contributed by atoms with Crippen LogP contribution in [0.25, 0.3) is 11.0 Å². The summed E-state index contributed by atoms with van der Waals surface area (Å²) in [6.45, 7) is 8.01. The maximum Gasteiger partial charge on any atom is 0.225 e. The number of carbonyl (C=O) groups is 2.